The summed E-state index contributed by atoms with van der Waals surface area (Å²) in [5.74, 6) is 0.994. The Labute approximate surface area is 132 Å². The van der Waals surface area contributed by atoms with E-state index in [0.717, 1.165) is 17.7 Å². The van der Waals surface area contributed by atoms with Crippen LogP contribution < -0.4 is 10.0 Å². The quantitative estimate of drug-likeness (QED) is 0.843. The molecule has 6 heteroatoms. The van der Waals surface area contributed by atoms with Crippen molar-refractivity contribution in [3.8, 4) is 0 Å². The Bertz CT molecular complexity index is 566. The lowest BCUT2D eigenvalue weighted by Gasteiger charge is -2.19. The fourth-order valence-corrected chi connectivity index (χ4v) is 5.38. The number of thiophene rings is 1. The first-order valence-corrected chi connectivity index (χ1v) is 9.94. The number of rotatable bonds is 6. The van der Waals surface area contributed by atoms with Gasteiger partial charge in [0.05, 0.1) is 0 Å². The highest BCUT2D eigenvalue weighted by Crippen LogP contribution is 2.32. The van der Waals surface area contributed by atoms with Crippen LogP contribution in [0.25, 0.3) is 0 Å². The molecule has 0 radical (unpaired) electrons. The molecule has 2 rings (SSSR count). The molecule has 1 fully saturated rings. The summed E-state index contributed by atoms with van der Waals surface area (Å²) in [6, 6.07) is 4.08. The Morgan fingerprint density at radius 3 is 2.57 bits per heavy atom. The van der Waals surface area contributed by atoms with Crippen LogP contribution in [0.4, 0.5) is 0 Å². The second kappa shape index (κ2) is 6.77. The molecule has 1 saturated carbocycles. The first-order valence-electron chi connectivity index (χ1n) is 7.64. The van der Waals surface area contributed by atoms with E-state index in [-0.39, 0.29) is 6.04 Å². The Kier molecular flexibility index (Phi) is 5.46. The molecule has 0 aliphatic heterocycles. The molecule has 1 aliphatic carbocycles. The predicted octanol–water partition coefficient (Wildman–Crippen LogP) is 2.96. The fraction of sp³-hybridized carbons (Fsp3) is 0.733. The average molecular weight is 331 g/mol. The van der Waals surface area contributed by atoms with Gasteiger partial charge in [0, 0.05) is 23.5 Å². The van der Waals surface area contributed by atoms with Crippen molar-refractivity contribution in [2.24, 2.45) is 11.8 Å². The molecular formula is C15H26N2O2S2. The molecule has 120 valence electrons. The molecule has 1 heterocycles. The Hall–Kier alpha value is -0.430. The van der Waals surface area contributed by atoms with Gasteiger partial charge in [-0.3, -0.25) is 0 Å². The van der Waals surface area contributed by atoms with Crippen molar-refractivity contribution in [3.63, 3.8) is 0 Å². The molecule has 2 N–H and O–H groups in total. The smallest absolute Gasteiger partial charge is 0.250 e. The molecule has 0 saturated heterocycles. The van der Waals surface area contributed by atoms with E-state index in [2.05, 4.69) is 37.7 Å². The maximum absolute atomic E-state index is 12.5. The number of hydrogen-bond acceptors (Lipinski definition) is 4. The van der Waals surface area contributed by atoms with Crippen LogP contribution >= 0.6 is 11.3 Å². The molecule has 3 unspecified atom stereocenters. The van der Waals surface area contributed by atoms with Crippen LogP contribution in [-0.4, -0.2) is 20.5 Å². The van der Waals surface area contributed by atoms with Gasteiger partial charge in [0.1, 0.15) is 4.21 Å². The number of hydrogen-bond donors (Lipinski definition) is 2. The molecule has 3 atom stereocenters. The average Bonchev–Trinajstić information content (AvgIpc) is 2.99. The summed E-state index contributed by atoms with van der Waals surface area (Å²) in [5, 5.41) is 3.31. The van der Waals surface area contributed by atoms with Gasteiger partial charge in [0.25, 0.3) is 0 Å². The van der Waals surface area contributed by atoms with Crippen LogP contribution in [0.5, 0.6) is 0 Å². The van der Waals surface area contributed by atoms with Crippen LogP contribution in [0.3, 0.4) is 0 Å². The minimum atomic E-state index is -3.38. The van der Waals surface area contributed by atoms with Crippen LogP contribution in [0.15, 0.2) is 16.3 Å². The first kappa shape index (κ1) is 16.9. The van der Waals surface area contributed by atoms with Gasteiger partial charge in [-0.15, -0.1) is 11.3 Å². The standard InChI is InChI=1S/C15H26N2O2S2/c1-10(2)16-9-13-6-8-15(20-13)21(18,19)17-14-7-5-11(3)12(14)4/h6,8,10-12,14,16-17H,5,7,9H2,1-4H3. The zero-order valence-electron chi connectivity index (χ0n) is 13.2. The van der Waals surface area contributed by atoms with Gasteiger partial charge in [-0.2, -0.15) is 0 Å². The molecule has 0 spiro atoms. The fourth-order valence-electron chi connectivity index (χ4n) is 2.69. The monoisotopic (exact) mass is 330 g/mol. The van der Waals surface area contributed by atoms with E-state index in [0.29, 0.717) is 28.6 Å². The van der Waals surface area contributed by atoms with Crippen molar-refractivity contribution in [1.82, 2.24) is 10.0 Å². The second-order valence-corrected chi connectivity index (χ2v) is 9.51. The summed E-state index contributed by atoms with van der Waals surface area (Å²) >= 11 is 1.35. The van der Waals surface area contributed by atoms with Crippen molar-refractivity contribution in [2.45, 2.75) is 63.4 Å². The SMILES string of the molecule is CC(C)NCc1ccc(S(=O)(=O)NC2CCC(C)C2C)s1. The summed E-state index contributed by atoms with van der Waals surface area (Å²) in [7, 11) is -3.38. The molecule has 4 nitrogen and oxygen atoms in total. The van der Waals surface area contributed by atoms with Gasteiger partial charge in [-0.25, -0.2) is 13.1 Å². The third-order valence-corrected chi connectivity index (χ3v) is 7.43. The second-order valence-electron chi connectivity index (χ2n) is 6.40. The lowest BCUT2D eigenvalue weighted by molar-refractivity contribution is 0.402. The van der Waals surface area contributed by atoms with Crippen LogP contribution in [0, 0.1) is 11.8 Å². The predicted molar refractivity (Wildman–Crippen MR) is 88.0 cm³/mol. The molecule has 0 aromatic carbocycles. The maximum Gasteiger partial charge on any atom is 0.250 e. The largest absolute Gasteiger partial charge is 0.310 e. The van der Waals surface area contributed by atoms with Gasteiger partial charge in [-0.05, 0) is 36.8 Å². The van der Waals surface area contributed by atoms with E-state index in [4.69, 9.17) is 0 Å². The van der Waals surface area contributed by atoms with Crippen LogP contribution in [-0.2, 0) is 16.6 Å². The zero-order chi connectivity index (χ0) is 15.6. The summed E-state index contributed by atoms with van der Waals surface area (Å²) in [6.45, 7) is 9.21. The molecule has 1 aromatic rings. The Morgan fingerprint density at radius 2 is 2.00 bits per heavy atom. The van der Waals surface area contributed by atoms with Gasteiger partial charge in [0.15, 0.2) is 0 Å². The van der Waals surface area contributed by atoms with E-state index in [1.165, 1.54) is 11.3 Å². The summed E-state index contributed by atoms with van der Waals surface area (Å²) in [5.41, 5.74) is 0. The van der Waals surface area contributed by atoms with Crippen LogP contribution in [0.2, 0.25) is 0 Å². The third-order valence-electron chi connectivity index (χ3n) is 4.36. The maximum atomic E-state index is 12.5. The minimum absolute atomic E-state index is 0.0735. The summed E-state index contributed by atoms with van der Waals surface area (Å²) in [6.07, 6.45) is 2.04. The summed E-state index contributed by atoms with van der Waals surface area (Å²) < 4.78 is 28.3. The highest BCUT2D eigenvalue weighted by molar-refractivity contribution is 7.91. The van der Waals surface area contributed by atoms with Gasteiger partial charge in [0.2, 0.25) is 10.0 Å². The van der Waals surface area contributed by atoms with Crippen molar-refractivity contribution in [3.05, 3.63) is 17.0 Å². The number of sulfonamides is 1. The highest BCUT2D eigenvalue weighted by Gasteiger charge is 2.33. The van der Waals surface area contributed by atoms with E-state index in [1.54, 1.807) is 6.07 Å². The van der Waals surface area contributed by atoms with Crippen LogP contribution in [0.1, 0.15) is 45.4 Å². The van der Waals surface area contributed by atoms with Gasteiger partial charge in [-0.1, -0.05) is 27.7 Å². The molecule has 1 aliphatic rings. The third kappa shape index (κ3) is 4.28. The number of nitrogens with one attached hydrogen (secondary N) is 2. The molecule has 21 heavy (non-hydrogen) atoms. The van der Waals surface area contributed by atoms with Crippen molar-refractivity contribution < 1.29 is 8.42 Å². The van der Waals surface area contributed by atoms with Gasteiger partial charge >= 0.3 is 0 Å². The van der Waals surface area contributed by atoms with E-state index in [9.17, 15) is 8.42 Å². The topological polar surface area (TPSA) is 58.2 Å². The Balaban J connectivity index is 2.03. The zero-order valence-corrected chi connectivity index (χ0v) is 14.9. The Morgan fingerprint density at radius 1 is 1.29 bits per heavy atom. The van der Waals surface area contributed by atoms with E-state index >= 15 is 0 Å². The van der Waals surface area contributed by atoms with Crippen molar-refractivity contribution in [1.29, 1.82) is 0 Å². The van der Waals surface area contributed by atoms with E-state index in [1.807, 2.05) is 6.07 Å². The van der Waals surface area contributed by atoms with E-state index < -0.39 is 10.0 Å². The molecule has 0 bridgehead atoms. The molecule has 1 aromatic heterocycles. The normalized spacial score (nSPS) is 26.6. The minimum Gasteiger partial charge on any atom is -0.310 e. The van der Waals surface area contributed by atoms with Gasteiger partial charge < -0.3 is 5.32 Å². The lowest BCUT2D eigenvalue weighted by atomic mass is 9.98. The highest BCUT2D eigenvalue weighted by atomic mass is 32.2. The first-order chi connectivity index (χ1) is 9.79. The van der Waals surface area contributed by atoms with Crippen molar-refractivity contribution >= 4 is 21.4 Å². The summed E-state index contributed by atoms with van der Waals surface area (Å²) in [4.78, 5) is 1.05. The molecule has 0 amide bonds. The van der Waals surface area contributed by atoms with Crippen molar-refractivity contribution in [2.75, 3.05) is 0 Å². The lowest BCUT2D eigenvalue weighted by Crippen LogP contribution is -2.36. The molecular weight excluding hydrogens is 304 g/mol.